The van der Waals surface area contributed by atoms with Gasteiger partial charge in [-0.3, -0.25) is 9.59 Å². The normalized spacial score (nSPS) is 26.9. The lowest BCUT2D eigenvalue weighted by molar-refractivity contribution is -0.146. The minimum Gasteiger partial charge on any atom is -0.459 e. The van der Waals surface area contributed by atoms with Crippen LogP contribution in [0.2, 0.25) is 0 Å². The molecule has 0 spiro atoms. The van der Waals surface area contributed by atoms with Gasteiger partial charge in [0.05, 0.1) is 6.42 Å². The van der Waals surface area contributed by atoms with Crippen LogP contribution >= 0.6 is 11.6 Å². The maximum Gasteiger partial charge on any atom is 0.306 e. The Morgan fingerprint density at radius 1 is 1.75 bits per heavy atom. The molecule has 1 rings (SSSR count). The molecule has 0 N–H and O–H groups in total. The third kappa shape index (κ3) is 1.97. The number of esters is 1. The summed E-state index contributed by atoms with van der Waals surface area (Å²) in [4.78, 5) is 21.5. The smallest absolute Gasteiger partial charge is 0.306 e. The van der Waals surface area contributed by atoms with Gasteiger partial charge in [-0.05, 0) is 25.4 Å². The van der Waals surface area contributed by atoms with Crippen molar-refractivity contribution in [2.75, 3.05) is 0 Å². The van der Waals surface area contributed by atoms with Crippen LogP contribution in [0, 0.1) is 5.92 Å². The number of hydrogen-bond acceptors (Lipinski definition) is 3. The van der Waals surface area contributed by atoms with E-state index in [0.717, 1.165) is 0 Å². The molecule has 1 heterocycles. The fourth-order valence-corrected chi connectivity index (χ4v) is 1.56. The van der Waals surface area contributed by atoms with E-state index in [9.17, 15) is 9.59 Å². The highest BCUT2D eigenvalue weighted by Crippen LogP contribution is 2.34. The Morgan fingerprint density at radius 3 is 2.67 bits per heavy atom. The van der Waals surface area contributed by atoms with Gasteiger partial charge in [0.25, 0.3) is 0 Å². The zero-order valence-electron chi connectivity index (χ0n) is 7.09. The van der Waals surface area contributed by atoms with Gasteiger partial charge in [-0.2, -0.15) is 0 Å². The maximum atomic E-state index is 10.9. The van der Waals surface area contributed by atoms with Crippen molar-refractivity contribution < 1.29 is 14.3 Å². The lowest BCUT2D eigenvalue weighted by Crippen LogP contribution is -2.28. The SMILES string of the molecule is CC1(C)OC(=O)CC1CC(=O)Cl. The van der Waals surface area contributed by atoms with Crippen molar-refractivity contribution in [3.63, 3.8) is 0 Å². The second-order valence-corrected chi connectivity index (χ2v) is 3.96. The predicted octanol–water partition coefficient (Wildman–Crippen LogP) is 1.48. The predicted molar refractivity (Wildman–Crippen MR) is 43.8 cm³/mol. The van der Waals surface area contributed by atoms with Crippen LogP contribution < -0.4 is 0 Å². The van der Waals surface area contributed by atoms with Crippen LogP contribution in [0.3, 0.4) is 0 Å². The van der Waals surface area contributed by atoms with Crippen molar-refractivity contribution in [2.24, 2.45) is 5.92 Å². The number of carbonyl (C=O) groups is 2. The number of halogens is 1. The van der Waals surface area contributed by atoms with Gasteiger partial charge in [0.15, 0.2) is 0 Å². The van der Waals surface area contributed by atoms with Crippen molar-refractivity contribution in [1.29, 1.82) is 0 Å². The number of cyclic esters (lactones) is 1. The Bertz CT molecular complexity index is 222. The van der Waals surface area contributed by atoms with Crippen LogP contribution in [0.4, 0.5) is 0 Å². The molecule has 0 saturated carbocycles. The Hall–Kier alpha value is -0.570. The van der Waals surface area contributed by atoms with E-state index in [2.05, 4.69) is 0 Å². The molecule has 1 fully saturated rings. The molecule has 1 atom stereocenters. The van der Waals surface area contributed by atoms with Gasteiger partial charge < -0.3 is 4.74 Å². The molecule has 0 aliphatic carbocycles. The minimum absolute atomic E-state index is 0.0741. The summed E-state index contributed by atoms with van der Waals surface area (Å²) < 4.78 is 5.01. The molecule has 1 unspecified atom stereocenters. The summed E-state index contributed by atoms with van der Waals surface area (Å²) in [7, 11) is 0. The molecule has 3 nitrogen and oxygen atoms in total. The molecule has 0 aromatic heterocycles. The van der Waals surface area contributed by atoms with Gasteiger partial charge in [0, 0.05) is 12.3 Å². The van der Waals surface area contributed by atoms with Gasteiger partial charge in [-0.25, -0.2) is 0 Å². The summed E-state index contributed by atoms with van der Waals surface area (Å²) in [6, 6.07) is 0. The standard InChI is InChI=1S/C8H11ClO3/c1-8(2)5(3-6(9)10)4-7(11)12-8/h5H,3-4H2,1-2H3. The van der Waals surface area contributed by atoms with Gasteiger partial charge in [-0.1, -0.05) is 0 Å². The van der Waals surface area contributed by atoms with Crippen LogP contribution in [0.25, 0.3) is 0 Å². The number of carbonyl (C=O) groups excluding carboxylic acids is 2. The largest absolute Gasteiger partial charge is 0.459 e. The Kier molecular flexibility index (Phi) is 2.42. The summed E-state index contributed by atoms with van der Waals surface area (Å²) in [5, 5.41) is -0.411. The summed E-state index contributed by atoms with van der Waals surface area (Å²) in [5.41, 5.74) is -0.540. The molecule has 68 valence electrons. The number of ether oxygens (including phenoxy) is 1. The molecular formula is C8H11ClO3. The molecule has 4 heteroatoms. The summed E-state index contributed by atoms with van der Waals surface area (Å²) in [5.74, 6) is -0.321. The molecule has 0 bridgehead atoms. The molecule has 0 aromatic carbocycles. The zero-order valence-corrected chi connectivity index (χ0v) is 7.85. The molecular weight excluding hydrogens is 180 g/mol. The first-order valence-corrected chi connectivity index (χ1v) is 4.20. The average Bonchev–Trinajstić information content (AvgIpc) is 2.04. The highest BCUT2D eigenvalue weighted by molar-refractivity contribution is 6.63. The van der Waals surface area contributed by atoms with E-state index in [1.807, 2.05) is 0 Å². The zero-order chi connectivity index (χ0) is 9.35. The van der Waals surface area contributed by atoms with Gasteiger partial charge in [-0.15, -0.1) is 0 Å². The monoisotopic (exact) mass is 190 g/mol. The molecule has 0 aromatic rings. The lowest BCUT2D eigenvalue weighted by atomic mass is 9.88. The molecule has 1 aliphatic rings. The molecule has 0 radical (unpaired) electrons. The van der Waals surface area contributed by atoms with Crippen LogP contribution in [-0.2, 0) is 14.3 Å². The van der Waals surface area contributed by atoms with Crippen LogP contribution in [-0.4, -0.2) is 16.8 Å². The second-order valence-electron chi connectivity index (χ2n) is 3.54. The van der Waals surface area contributed by atoms with Crippen LogP contribution in [0.1, 0.15) is 26.7 Å². The first kappa shape index (κ1) is 9.52. The topological polar surface area (TPSA) is 43.4 Å². The van der Waals surface area contributed by atoms with E-state index in [4.69, 9.17) is 16.3 Å². The molecule has 0 amide bonds. The Labute approximate surface area is 76.0 Å². The van der Waals surface area contributed by atoms with E-state index >= 15 is 0 Å². The third-order valence-electron chi connectivity index (χ3n) is 2.18. The van der Waals surface area contributed by atoms with Crippen molar-refractivity contribution in [1.82, 2.24) is 0 Å². The van der Waals surface area contributed by atoms with Crippen molar-refractivity contribution >= 4 is 22.8 Å². The second kappa shape index (κ2) is 3.05. The van der Waals surface area contributed by atoms with Crippen LogP contribution in [0.15, 0.2) is 0 Å². The van der Waals surface area contributed by atoms with Gasteiger partial charge >= 0.3 is 5.97 Å². The fourth-order valence-electron chi connectivity index (χ4n) is 1.38. The summed E-state index contributed by atoms with van der Waals surface area (Å²) in [6.07, 6.45) is 0.506. The average molecular weight is 191 g/mol. The third-order valence-corrected chi connectivity index (χ3v) is 2.33. The van der Waals surface area contributed by atoms with Gasteiger partial charge in [0.1, 0.15) is 5.60 Å². The lowest BCUT2D eigenvalue weighted by Gasteiger charge is -2.23. The summed E-state index contributed by atoms with van der Waals surface area (Å²) >= 11 is 5.23. The number of rotatable bonds is 2. The van der Waals surface area contributed by atoms with Gasteiger partial charge in [0.2, 0.25) is 5.24 Å². The fraction of sp³-hybridized carbons (Fsp3) is 0.750. The van der Waals surface area contributed by atoms with E-state index in [0.29, 0.717) is 6.42 Å². The summed E-state index contributed by atoms with van der Waals surface area (Å²) in [6.45, 7) is 3.59. The minimum atomic E-state index is -0.540. The maximum absolute atomic E-state index is 10.9. The van der Waals surface area contributed by atoms with Crippen molar-refractivity contribution in [3.8, 4) is 0 Å². The van der Waals surface area contributed by atoms with Crippen LogP contribution in [0.5, 0.6) is 0 Å². The molecule has 12 heavy (non-hydrogen) atoms. The van der Waals surface area contributed by atoms with E-state index in [1.54, 1.807) is 13.8 Å². The Morgan fingerprint density at radius 2 is 2.33 bits per heavy atom. The van der Waals surface area contributed by atoms with E-state index < -0.39 is 10.8 Å². The number of hydrogen-bond donors (Lipinski definition) is 0. The van der Waals surface area contributed by atoms with Crippen molar-refractivity contribution in [3.05, 3.63) is 0 Å². The highest BCUT2D eigenvalue weighted by atomic mass is 35.5. The first-order valence-electron chi connectivity index (χ1n) is 3.82. The first-order chi connectivity index (χ1) is 5.42. The highest BCUT2D eigenvalue weighted by Gasteiger charge is 2.42. The molecule has 1 saturated heterocycles. The van der Waals surface area contributed by atoms with E-state index in [-0.39, 0.29) is 18.3 Å². The quantitative estimate of drug-likeness (QED) is 0.490. The van der Waals surface area contributed by atoms with Crippen molar-refractivity contribution in [2.45, 2.75) is 32.3 Å². The molecule has 1 aliphatic heterocycles. The van der Waals surface area contributed by atoms with E-state index in [1.165, 1.54) is 0 Å². The Balaban J connectivity index is 2.65.